The van der Waals surface area contributed by atoms with Gasteiger partial charge in [-0.15, -0.1) is 23.5 Å². The highest BCUT2D eigenvalue weighted by Gasteiger charge is 2.58. The Morgan fingerprint density at radius 3 is 1.35 bits per heavy atom. The minimum atomic E-state index is 0.215. The Morgan fingerprint density at radius 2 is 1.18 bits per heavy atom. The van der Waals surface area contributed by atoms with Gasteiger partial charge in [-0.1, -0.05) is 0 Å². The highest BCUT2D eigenvalue weighted by Crippen LogP contribution is 2.61. The van der Waals surface area contributed by atoms with E-state index in [1.54, 1.807) is 0 Å². The summed E-state index contributed by atoms with van der Waals surface area (Å²) in [6, 6.07) is 0. The standard InChI is InChI=1S/C12H18OS4/c1-5-14-9(1)11(3-7-16-11)13-12(4-8-17-12)10-2-6-15-10/h9-10H,1-8H2. The van der Waals surface area contributed by atoms with Gasteiger partial charge in [0.25, 0.3) is 0 Å². The third-order valence-electron chi connectivity index (χ3n) is 4.32. The Balaban J connectivity index is 1.50. The molecule has 4 aliphatic rings. The molecule has 4 unspecified atom stereocenters. The molecule has 17 heavy (non-hydrogen) atoms. The summed E-state index contributed by atoms with van der Waals surface area (Å²) >= 11 is 8.48. The van der Waals surface area contributed by atoms with Crippen LogP contribution in [0.2, 0.25) is 0 Å². The predicted octanol–water partition coefficient (Wildman–Crippen LogP) is 3.68. The molecule has 0 aliphatic carbocycles. The van der Waals surface area contributed by atoms with Crippen LogP contribution >= 0.6 is 47.0 Å². The van der Waals surface area contributed by atoms with Crippen LogP contribution in [0.4, 0.5) is 0 Å². The summed E-state index contributed by atoms with van der Waals surface area (Å²) in [4.78, 5) is 0.430. The average molecular weight is 307 g/mol. The molecule has 0 spiro atoms. The molecule has 4 rings (SSSR count). The molecule has 0 aromatic carbocycles. The Morgan fingerprint density at radius 1 is 0.765 bits per heavy atom. The number of hydrogen-bond acceptors (Lipinski definition) is 5. The van der Waals surface area contributed by atoms with Crippen molar-refractivity contribution in [1.82, 2.24) is 0 Å². The summed E-state index contributed by atoms with van der Waals surface area (Å²) in [5, 5.41) is 1.59. The fourth-order valence-electron chi connectivity index (χ4n) is 2.86. The third kappa shape index (κ3) is 1.83. The minimum Gasteiger partial charge on any atom is -0.345 e. The van der Waals surface area contributed by atoms with Crippen molar-refractivity contribution in [2.75, 3.05) is 23.0 Å². The quantitative estimate of drug-likeness (QED) is 0.781. The maximum absolute atomic E-state index is 6.79. The van der Waals surface area contributed by atoms with Crippen LogP contribution in [0.15, 0.2) is 0 Å². The Kier molecular flexibility index (Phi) is 3.17. The lowest BCUT2D eigenvalue weighted by Gasteiger charge is -2.59. The lowest BCUT2D eigenvalue weighted by atomic mass is 10.1. The first kappa shape index (κ1) is 12.1. The molecule has 4 saturated heterocycles. The van der Waals surface area contributed by atoms with E-state index < -0.39 is 0 Å². The molecule has 0 amide bonds. The molecular formula is C12H18OS4. The maximum atomic E-state index is 6.79. The third-order valence-corrected chi connectivity index (χ3v) is 10.5. The number of ether oxygens (including phenoxy) is 1. The van der Waals surface area contributed by atoms with Gasteiger partial charge in [-0.3, -0.25) is 0 Å². The van der Waals surface area contributed by atoms with Gasteiger partial charge < -0.3 is 4.74 Å². The van der Waals surface area contributed by atoms with Crippen molar-refractivity contribution in [3.8, 4) is 0 Å². The van der Waals surface area contributed by atoms with Crippen molar-refractivity contribution in [2.24, 2.45) is 0 Å². The van der Waals surface area contributed by atoms with Gasteiger partial charge in [0.15, 0.2) is 0 Å². The topological polar surface area (TPSA) is 9.23 Å². The number of hydrogen-bond donors (Lipinski definition) is 0. The average Bonchev–Trinajstić information content (AvgIpc) is 2.03. The highest BCUT2D eigenvalue weighted by molar-refractivity contribution is 8.06. The molecule has 1 nitrogen and oxygen atoms in total. The van der Waals surface area contributed by atoms with Crippen LogP contribution in [0.5, 0.6) is 0 Å². The van der Waals surface area contributed by atoms with E-state index in [9.17, 15) is 0 Å². The van der Waals surface area contributed by atoms with Crippen molar-refractivity contribution >= 4 is 47.0 Å². The summed E-state index contributed by atoms with van der Waals surface area (Å²) in [6.07, 6.45) is 5.37. The van der Waals surface area contributed by atoms with E-state index in [1.807, 2.05) is 0 Å². The Bertz CT molecular complexity index is 276. The normalized spacial score (nSPS) is 52.9. The van der Waals surface area contributed by atoms with E-state index in [2.05, 4.69) is 47.0 Å². The first-order valence-electron chi connectivity index (χ1n) is 6.54. The van der Waals surface area contributed by atoms with Crippen LogP contribution in [0.1, 0.15) is 25.7 Å². The van der Waals surface area contributed by atoms with Gasteiger partial charge >= 0.3 is 0 Å². The van der Waals surface area contributed by atoms with Crippen molar-refractivity contribution in [3.63, 3.8) is 0 Å². The largest absolute Gasteiger partial charge is 0.345 e. The van der Waals surface area contributed by atoms with Crippen LogP contribution in [0.3, 0.4) is 0 Å². The van der Waals surface area contributed by atoms with Crippen molar-refractivity contribution < 1.29 is 4.74 Å². The van der Waals surface area contributed by atoms with Gasteiger partial charge in [0, 0.05) is 10.5 Å². The van der Waals surface area contributed by atoms with E-state index in [0.29, 0.717) is 0 Å². The summed E-state index contributed by atoms with van der Waals surface area (Å²) < 4.78 is 6.79. The van der Waals surface area contributed by atoms with Crippen LogP contribution in [0, 0.1) is 0 Å². The highest BCUT2D eigenvalue weighted by atomic mass is 32.2. The van der Waals surface area contributed by atoms with Crippen molar-refractivity contribution in [1.29, 1.82) is 0 Å². The van der Waals surface area contributed by atoms with Crippen LogP contribution < -0.4 is 0 Å². The van der Waals surface area contributed by atoms with Gasteiger partial charge in [-0.25, -0.2) is 0 Å². The zero-order valence-electron chi connectivity index (χ0n) is 9.85. The summed E-state index contributed by atoms with van der Waals surface area (Å²) in [7, 11) is 0. The zero-order valence-corrected chi connectivity index (χ0v) is 13.1. The zero-order chi connectivity index (χ0) is 11.3. The lowest BCUT2D eigenvalue weighted by molar-refractivity contribution is -0.0781. The van der Waals surface area contributed by atoms with E-state index in [1.165, 1.54) is 48.7 Å². The molecule has 4 atom stereocenters. The minimum absolute atomic E-state index is 0.215. The first-order valence-corrected chi connectivity index (χ1v) is 10.6. The van der Waals surface area contributed by atoms with E-state index in [-0.39, 0.29) is 9.87 Å². The van der Waals surface area contributed by atoms with E-state index in [4.69, 9.17) is 4.74 Å². The van der Waals surface area contributed by atoms with Crippen LogP contribution in [-0.4, -0.2) is 43.4 Å². The Hall–Kier alpha value is 1.36. The molecule has 0 bridgehead atoms. The molecule has 0 N–H and O–H groups in total. The summed E-state index contributed by atoms with van der Waals surface area (Å²) in [5.74, 6) is 5.34. The predicted molar refractivity (Wildman–Crippen MR) is 82.4 cm³/mol. The molecule has 0 aromatic heterocycles. The van der Waals surface area contributed by atoms with Crippen molar-refractivity contribution in [2.45, 2.75) is 46.0 Å². The number of rotatable bonds is 4. The molecule has 4 heterocycles. The van der Waals surface area contributed by atoms with Crippen LogP contribution in [0.25, 0.3) is 0 Å². The van der Waals surface area contributed by atoms with Crippen LogP contribution in [-0.2, 0) is 4.74 Å². The summed E-state index contributed by atoms with van der Waals surface area (Å²) in [5.41, 5.74) is 0. The summed E-state index contributed by atoms with van der Waals surface area (Å²) in [6.45, 7) is 0. The Labute approximate surface area is 120 Å². The second-order valence-electron chi connectivity index (χ2n) is 5.22. The molecule has 0 saturated carbocycles. The smallest absolute Gasteiger partial charge is 0.128 e. The molecule has 96 valence electrons. The number of thioether (sulfide) groups is 4. The van der Waals surface area contributed by atoms with E-state index in [0.717, 1.165) is 10.5 Å². The second-order valence-corrected chi connectivity index (χ2v) is 10.6. The van der Waals surface area contributed by atoms with Gasteiger partial charge in [-0.05, 0) is 48.7 Å². The van der Waals surface area contributed by atoms with Crippen molar-refractivity contribution in [3.05, 3.63) is 0 Å². The molecular weight excluding hydrogens is 288 g/mol. The van der Waals surface area contributed by atoms with E-state index >= 15 is 0 Å². The molecule has 0 aromatic rings. The van der Waals surface area contributed by atoms with Gasteiger partial charge in [0.05, 0.1) is 0 Å². The van der Waals surface area contributed by atoms with Gasteiger partial charge in [0.1, 0.15) is 9.87 Å². The molecule has 5 heteroatoms. The second kappa shape index (κ2) is 4.44. The SMILES string of the molecule is C1CC(C2(OC3(C4CCS4)CCS3)CCS2)S1. The van der Waals surface area contributed by atoms with Gasteiger partial charge in [-0.2, -0.15) is 23.5 Å². The maximum Gasteiger partial charge on any atom is 0.128 e. The first-order chi connectivity index (χ1) is 8.33. The fraction of sp³-hybridized carbons (Fsp3) is 1.00. The van der Waals surface area contributed by atoms with Gasteiger partial charge in [0.2, 0.25) is 0 Å². The molecule has 0 radical (unpaired) electrons. The molecule has 4 fully saturated rings. The lowest BCUT2D eigenvalue weighted by Crippen LogP contribution is -2.60. The fourth-order valence-corrected chi connectivity index (χ4v) is 7.75. The monoisotopic (exact) mass is 306 g/mol. The molecule has 4 aliphatic heterocycles.